The predicted octanol–water partition coefficient (Wildman–Crippen LogP) is 2.56. The number of amides is 1. The first kappa shape index (κ1) is 41.8. The molecule has 0 bridgehead atoms. The number of Topliss-reactive ketones (excluding diaryl/α,β-unsaturated/α-hetero) is 1. The summed E-state index contributed by atoms with van der Waals surface area (Å²) >= 11 is 0. The van der Waals surface area contributed by atoms with Crippen LogP contribution in [0.4, 0.5) is 17.8 Å². The van der Waals surface area contributed by atoms with Gasteiger partial charge in [-0.3, -0.25) is 9.59 Å². The Hall–Kier alpha value is -5.34. The van der Waals surface area contributed by atoms with E-state index in [1.54, 1.807) is 6.07 Å². The van der Waals surface area contributed by atoms with Crippen molar-refractivity contribution in [1.82, 2.24) is 44.9 Å². The van der Waals surface area contributed by atoms with Gasteiger partial charge in [-0.25, -0.2) is 24.6 Å². The monoisotopic (exact) mass is 814 g/mol. The molecule has 4 aromatic heterocycles. The molecule has 5 aromatic rings. The van der Waals surface area contributed by atoms with E-state index in [0.717, 1.165) is 69.1 Å². The fourth-order valence-corrected chi connectivity index (χ4v) is 7.17. The smallest absolute Gasteiger partial charge is 0.292 e. The van der Waals surface area contributed by atoms with Gasteiger partial charge in [0.25, 0.3) is 6.01 Å². The number of piperazine rings is 1. The van der Waals surface area contributed by atoms with Gasteiger partial charge in [-0.1, -0.05) is 6.42 Å². The number of nitrogens with zero attached hydrogens (tertiary/aromatic N) is 9. The Morgan fingerprint density at radius 1 is 0.814 bits per heavy atom. The third-order valence-corrected chi connectivity index (χ3v) is 10.4. The molecular formula is C40H54N12O7. The summed E-state index contributed by atoms with van der Waals surface area (Å²) in [7, 11) is 0. The third-order valence-electron chi connectivity index (χ3n) is 10.4. The average molecular weight is 815 g/mol. The Morgan fingerprint density at radius 3 is 2.34 bits per heavy atom. The van der Waals surface area contributed by atoms with E-state index >= 15 is 0 Å². The maximum atomic E-state index is 12.7. The summed E-state index contributed by atoms with van der Waals surface area (Å²) < 4.78 is 29.6. The van der Waals surface area contributed by atoms with Gasteiger partial charge in [0, 0.05) is 82.4 Å². The minimum atomic E-state index is 0.0970. The number of rotatable bonds is 23. The zero-order valence-corrected chi connectivity index (χ0v) is 33.5. The molecule has 7 rings (SSSR count). The predicted molar refractivity (Wildman–Crippen MR) is 219 cm³/mol. The summed E-state index contributed by atoms with van der Waals surface area (Å²) in [5.74, 6) is 1.38. The van der Waals surface area contributed by atoms with Crippen molar-refractivity contribution in [3.05, 3.63) is 42.0 Å². The zero-order valence-electron chi connectivity index (χ0n) is 33.5. The fraction of sp³-hybridized carbons (Fsp3) is 0.550. The highest BCUT2D eigenvalue weighted by Gasteiger charge is 2.24. The molecule has 1 saturated heterocycles. The maximum absolute atomic E-state index is 12.7. The van der Waals surface area contributed by atoms with Gasteiger partial charge < -0.3 is 49.9 Å². The van der Waals surface area contributed by atoms with E-state index in [0.29, 0.717) is 125 Å². The van der Waals surface area contributed by atoms with Crippen LogP contribution in [0.2, 0.25) is 0 Å². The fourth-order valence-electron chi connectivity index (χ4n) is 7.17. The summed E-state index contributed by atoms with van der Waals surface area (Å²) in [5, 5.41) is 8.84. The number of hydrogen-bond acceptors (Lipinski definition) is 17. The van der Waals surface area contributed by atoms with Crippen molar-refractivity contribution in [1.29, 1.82) is 0 Å². The number of nitrogens with two attached hydrogens (primary N) is 2. The second-order valence-electron chi connectivity index (χ2n) is 14.5. The van der Waals surface area contributed by atoms with Crippen LogP contribution >= 0.6 is 0 Å². The molecule has 19 nitrogen and oxygen atoms in total. The molecule has 0 aliphatic carbocycles. The molecule has 1 amide bonds. The molecule has 0 radical (unpaired) electrons. The molecule has 0 unspecified atom stereocenters. The van der Waals surface area contributed by atoms with Crippen LogP contribution in [0, 0.1) is 0 Å². The molecule has 5 N–H and O–H groups in total. The van der Waals surface area contributed by atoms with Crippen LogP contribution in [-0.2, 0) is 48.0 Å². The summed E-state index contributed by atoms with van der Waals surface area (Å²) in [6.07, 6.45) is 7.96. The van der Waals surface area contributed by atoms with Crippen molar-refractivity contribution in [2.24, 2.45) is 0 Å². The highest BCUT2D eigenvalue weighted by molar-refractivity contribution is 5.99. The number of fused-ring (bicyclic) bond motifs is 3. The SMILES string of the molecule is Nc1nc2cc(-c3nn(CCCCCC(=O)CCOCCOCCOCCOCCC(=O)N4CCN(c5ncc6c(n5)CCNC6)CC4)c4ncnc(N)c34)ccc2o1. The summed E-state index contributed by atoms with van der Waals surface area (Å²) in [6.45, 7) is 8.40. The topological polar surface area (TPSA) is 237 Å². The lowest BCUT2D eigenvalue weighted by Crippen LogP contribution is -2.49. The van der Waals surface area contributed by atoms with Gasteiger partial charge in [0.15, 0.2) is 11.2 Å². The van der Waals surface area contributed by atoms with Crippen molar-refractivity contribution >= 4 is 51.6 Å². The van der Waals surface area contributed by atoms with E-state index in [9.17, 15) is 9.59 Å². The minimum absolute atomic E-state index is 0.0970. The minimum Gasteiger partial charge on any atom is -0.424 e. The van der Waals surface area contributed by atoms with Gasteiger partial charge in [0.2, 0.25) is 11.9 Å². The molecule has 59 heavy (non-hydrogen) atoms. The van der Waals surface area contributed by atoms with Gasteiger partial charge in [-0.2, -0.15) is 10.1 Å². The van der Waals surface area contributed by atoms with E-state index in [-0.39, 0.29) is 17.7 Å². The first-order chi connectivity index (χ1) is 28.9. The van der Waals surface area contributed by atoms with Gasteiger partial charge in [0.1, 0.15) is 29.1 Å². The largest absolute Gasteiger partial charge is 0.424 e. The Kier molecular flexibility index (Phi) is 14.9. The number of carbonyl (C=O) groups is 2. The molecular weight excluding hydrogens is 761 g/mol. The number of hydrogen-bond donors (Lipinski definition) is 3. The number of nitrogens with one attached hydrogen (secondary N) is 1. The molecule has 0 spiro atoms. The number of anilines is 3. The quantitative estimate of drug-likeness (QED) is 0.0804. The molecule has 2 aliphatic rings. The van der Waals surface area contributed by atoms with Crippen LogP contribution in [0.1, 0.15) is 49.8 Å². The lowest BCUT2D eigenvalue weighted by atomic mass is 10.1. The lowest BCUT2D eigenvalue weighted by molar-refractivity contribution is -0.132. The van der Waals surface area contributed by atoms with E-state index in [1.165, 1.54) is 11.9 Å². The number of carbonyl (C=O) groups excluding carboxylic acids is 2. The van der Waals surface area contributed by atoms with Crippen LogP contribution in [0.15, 0.2) is 35.1 Å². The maximum Gasteiger partial charge on any atom is 0.292 e. The molecule has 19 heteroatoms. The average Bonchev–Trinajstić information content (AvgIpc) is 3.83. The van der Waals surface area contributed by atoms with Crippen molar-refractivity contribution in [2.45, 2.75) is 58.0 Å². The van der Waals surface area contributed by atoms with Crippen LogP contribution in [0.5, 0.6) is 0 Å². The van der Waals surface area contributed by atoms with Crippen LogP contribution in [-0.4, -0.2) is 137 Å². The number of oxazole rings is 1. The standard InChI is InChI=1S/C40H54N12O7/c41-37-35-36(28-5-6-33-32(24-28)47-39(42)59-33)49-52(38(35)46-27-45-37)11-3-1-2-4-30(53)8-16-55-18-20-57-22-23-58-21-19-56-17-9-34(54)50-12-14-51(15-13-50)40-44-26-29-25-43-10-7-31(29)48-40/h5-6,24,26-27,43H,1-4,7-23,25H2,(H2,42,47)(H2,41,45,46). The Balaban J connectivity index is 0.660. The second kappa shape index (κ2) is 21.1. The second-order valence-corrected chi connectivity index (χ2v) is 14.5. The lowest BCUT2D eigenvalue weighted by Gasteiger charge is -2.35. The number of aryl methyl sites for hydroxylation is 1. The summed E-state index contributed by atoms with van der Waals surface area (Å²) in [6, 6.07) is 5.64. The number of nitrogen functional groups attached to an aromatic ring is 2. The first-order valence-electron chi connectivity index (χ1n) is 20.5. The van der Waals surface area contributed by atoms with Gasteiger partial charge in [-0.05, 0) is 31.0 Å². The van der Waals surface area contributed by atoms with Crippen LogP contribution < -0.4 is 21.7 Å². The molecule has 2 aliphatic heterocycles. The highest BCUT2D eigenvalue weighted by atomic mass is 16.6. The zero-order chi connectivity index (χ0) is 40.8. The molecule has 0 atom stereocenters. The normalized spacial score (nSPS) is 14.4. The number of ether oxygens (including phenoxy) is 4. The van der Waals surface area contributed by atoms with Crippen molar-refractivity contribution in [3.63, 3.8) is 0 Å². The number of ketones is 1. The Labute approximate surface area is 342 Å². The van der Waals surface area contributed by atoms with E-state index in [2.05, 4.69) is 30.2 Å². The highest BCUT2D eigenvalue weighted by Crippen LogP contribution is 2.32. The van der Waals surface area contributed by atoms with E-state index in [4.69, 9.17) is 44.9 Å². The number of unbranched alkanes of at least 4 members (excludes halogenated alkanes) is 2. The van der Waals surface area contributed by atoms with Gasteiger partial charge in [-0.15, -0.1) is 0 Å². The Bertz CT molecular complexity index is 2150. The number of aromatic nitrogens is 7. The molecule has 1 fully saturated rings. The molecule has 1 aromatic carbocycles. The van der Waals surface area contributed by atoms with Crippen molar-refractivity contribution in [2.75, 3.05) is 102 Å². The summed E-state index contributed by atoms with van der Waals surface area (Å²) in [5.41, 5.74) is 17.6. The van der Waals surface area contributed by atoms with Gasteiger partial charge >= 0.3 is 0 Å². The van der Waals surface area contributed by atoms with Crippen LogP contribution in [0.3, 0.4) is 0 Å². The van der Waals surface area contributed by atoms with E-state index in [1.807, 2.05) is 27.9 Å². The molecule has 316 valence electrons. The summed E-state index contributed by atoms with van der Waals surface area (Å²) in [4.78, 5) is 51.3. The van der Waals surface area contributed by atoms with Crippen molar-refractivity contribution in [3.8, 4) is 11.3 Å². The van der Waals surface area contributed by atoms with E-state index < -0.39 is 0 Å². The molecule has 6 heterocycles. The Morgan fingerprint density at radius 2 is 1.56 bits per heavy atom. The number of benzene rings is 1. The third kappa shape index (κ3) is 11.4. The molecule has 0 saturated carbocycles. The van der Waals surface area contributed by atoms with Gasteiger partial charge in [0.05, 0.1) is 70.4 Å². The first-order valence-corrected chi connectivity index (χ1v) is 20.5. The van der Waals surface area contributed by atoms with Crippen LogP contribution in [0.25, 0.3) is 33.4 Å². The van der Waals surface area contributed by atoms with Crippen molar-refractivity contribution < 1.29 is 33.0 Å².